The molecular weight excluding hydrogens is 178 g/mol. The normalized spacial score (nSPS) is 14.0. The molecule has 0 fully saturated rings. The highest BCUT2D eigenvalue weighted by Crippen LogP contribution is 2.25. The van der Waals surface area contributed by atoms with Gasteiger partial charge in [-0.05, 0) is 37.6 Å². The lowest BCUT2D eigenvalue weighted by Crippen LogP contribution is -2.18. The highest BCUT2D eigenvalue weighted by atomic mass is 16.4. The third-order valence-electron chi connectivity index (χ3n) is 2.35. The van der Waals surface area contributed by atoms with Crippen molar-refractivity contribution < 1.29 is 9.90 Å². The zero-order valence-corrected chi connectivity index (χ0v) is 9.55. The molecule has 3 nitrogen and oxygen atoms in total. The van der Waals surface area contributed by atoms with Gasteiger partial charge in [0.15, 0.2) is 0 Å². The Kier molecular flexibility index (Phi) is 5.77. The summed E-state index contributed by atoms with van der Waals surface area (Å²) in [4.78, 5) is 10.9. The summed E-state index contributed by atoms with van der Waals surface area (Å²) in [7, 11) is 0. The van der Waals surface area contributed by atoms with Gasteiger partial charge in [0.05, 0.1) is 5.92 Å². The Morgan fingerprint density at radius 3 is 2.29 bits per heavy atom. The molecule has 84 valence electrons. The first kappa shape index (κ1) is 13.4. The molecule has 1 unspecified atom stereocenters. The van der Waals surface area contributed by atoms with Crippen LogP contribution in [-0.2, 0) is 4.79 Å². The van der Waals surface area contributed by atoms with Crippen molar-refractivity contribution in [2.45, 2.75) is 46.5 Å². The summed E-state index contributed by atoms with van der Waals surface area (Å²) in [6.07, 6.45) is 3.23. The van der Waals surface area contributed by atoms with Gasteiger partial charge in [0.1, 0.15) is 0 Å². The zero-order valence-electron chi connectivity index (χ0n) is 9.55. The van der Waals surface area contributed by atoms with Gasteiger partial charge in [-0.3, -0.25) is 4.79 Å². The van der Waals surface area contributed by atoms with Gasteiger partial charge in [0.25, 0.3) is 0 Å². The maximum Gasteiger partial charge on any atom is 0.306 e. The van der Waals surface area contributed by atoms with E-state index in [-0.39, 0.29) is 11.3 Å². The fourth-order valence-corrected chi connectivity index (χ4v) is 1.36. The van der Waals surface area contributed by atoms with Crippen LogP contribution in [-0.4, -0.2) is 17.6 Å². The molecule has 0 aliphatic rings. The average Bonchev–Trinajstić information content (AvgIpc) is 2.01. The molecule has 14 heavy (non-hydrogen) atoms. The fraction of sp³-hybridized carbons (Fsp3) is 0.909. The Hall–Kier alpha value is -0.570. The second kappa shape index (κ2) is 6.02. The minimum atomic E-state index is -0.678. The molecule has 0 saturated heterocycles. The molecule has 3 N–H and O–H groups in total. The van der Waals surface area contributed by atoms with E-state index in [0.29, 0.717) is 13.0 Å². The van der Waals surface area contributed by atoms with Crippen LogP contribution < -0.4 is 5.73 Å². The van der Waals surface area contributed by atoms with E-state index in [0.717, 1.165) is 19.3 Å². The molecule has 0 amide bonds. The number of carboxylic acid groups (broad SMARTS) is 1. The lowest BCUT2D eigenvalue weighted by Gasteiger charge is -2.20. The van der Waals surface area contributed by atoms with Crippen LogP contribution in [0.2, 0.25) is 0 Å². The first-order valence-electron chi connectivity index (χ1n) is 5.29. The largest absolute Gasteiger partial charge is 0.481 e. The number of carboxylic acids is 1. The maximum absolute atomic E-state index is 10.9. The van der Waals surface area contributed by atoms with Crippen LogP contribution in [0.3, 0.4) is 0 Å². The molecule has 0 aromatic carbocycles. The lowest BCUT2D eigenvalue weighted by molar-refractivity contribution is -0.142. The van der Waals surface area contributed by atoms with E-state index in [1.807, 2.05) is 0 Å². The van der Waals surface area contributed by atoms with E-state index in [2.05, 4.69) is 20.8 Å². The van der Waals surface area contributed by atoms with E-state index in [1.54, 1.807) is 0 Å². The van der Waals surface area contributed by atoms with Crippen molar-refractivity contribution in [1.29, 1.82) is 0 Å². The summed E-state index contributed by atoms with van der Waals surface area (Å²) in [6, 6.07) is 0. The Balaban J connectivity index is 3.91. The first-order chi connectivity index (χ1) is 6.37. The standard InChI is InChI=1S/C11H23NO2/c1-11(2,3)7-6-9(10(13)14)5-4-8-12/h9H,4-8,12H2,1-3H3,(H,13,14). The predicted molar refractivity (Wildman–Crippen MR) is 58.1 cm³/mol. The first-order valence-corrected chi connectivity index (χ1v) is 5.29. The predicted octanol–water partition coefficient (Wildman–Crippen LogP) is 2.25. The maximum atomic E-state index is 10.9. The molecule has 0 saturated carbocycles. The third-order valence-corrected chi connectivity index (χ3v) is 2.35. The Morgan fingerprint density at radius 1 is 1.36 bits per heavy atom. The second-order valence-corrected chi connectivity index (χ2v) is 5.07. The van der Waals surface area contributed by atoms with E-state index < -0.39 is 5.97 Å². The number of carbonyl (C=O) groups is 1. The molecule has 0 aliphatic heterocycles. The van der Waals surface area contributed by atoms with E-state index in [9.17, 15) is 4.79 Å². The van der Waals surface area contributed by atoms with Gasteiger partial charge < -0.3 is 10.8 Å². The summed E-state index contributed by atoms with van der Waals surface area (Å²) in [6.45, 7) is 6.98. The van der Waals surface area contributed by atoms with Crippen molar-refractivity contribution >= 4 is 5.97 Å². The van der Waals surface area contributed by atoms with Crippen LogP contribution in [0, 0.1) is 11.3 Å². The van der Waals surface area contributed by atoms with E-state index in [4.69, 9.17) is 10.8 Å². The van der Waals surface area contributed by atoms with Gasteiger partial charge >= 0.3 is 5.97 Å². The zero-order chi connectivity index (χ0) is 11.2. The minimum Gasteiger partial charge on any atom is -0.481 e. The van der Waals surface area contributed by atoms with Gasteiger partial charge in [-0.15, -0.1) is 0 Å². The Labute approximate surface area is 86.7 Å². The molecule has 0 bridgehead atoms. The summed E-state index contributed by atoms with van der Waals surface area (Å²) >= 11 is 0. The van der Waals surface area contributed by atoms with Gasteiger partial charge in [0.2, 0.25) is 0 Å². The Bertz CT molecular complexity index is 173. The molecule has 1 atom stereocenters. The molecule has 0 rings (SSSR count). The van der Waals surface area contributed by atoms with Crippen molar-refractivity contribution in [1.82, 2.24) is 0 Å². The molecule has 0 heterocycles. The smallest absolute Gasteiger partial charge is 0.306 e. The van der Waals surface area contributed by atoms with Gasteiger partial charge in [-0.25, -0.2) is 0 Å². The highest BCUT2D eigenvalue weighted by Gasteiger charge is 2.20. The highest BCUT2D eigenvalue weighted by molar-refractivity contribution is 5.69. The minimum absolute atomic E-state index is 0.210. The van der Waals surface area contributed by atoms with Crippen LogP contribution in [0.5, 0.6) is 0 Å². The molecule has 0 aromatic rings. The van der Waals surface area contributed by atoms with Crippen molar-refractivity contribution in [2.24, 2.45) is 17.1 Å². The van der Waals surface area contributed by atoms with Gasteiger partial charge in [0, 0.05) is 0 Å². The van der Waals surface area contributed by atoms with Crippen LogP contribution >= 0.6 is 0 Å². The topological polar surface area (TPSA) is 63.3 Å². The average molecular weight is 201 g/mol. The number of aliphatic carboxylic acids is 1. The van der Waals surface area contributed by atoms with Crippen LogP contribution in [0.1, 0.15) is 46.5 Å². The molecule has 0 spiro atoms. The summed E-state index contributed by atoms with van der Waals surface area (Å²) in [5.41, 5.74) is 5.58. The van der Waals surface area contributed by atoms with Gasteiger partial charge in [-0.1, -0.05) is 20.8 Å². The van der Waals surface area contributed by atoms with Crippen LogP contribution in [0.15, 0.2) is 0 Å². The molecule has 0 aliphatic carbocycles. The SMILES string of the molecule is CC(C)(C)CCC(CCCN)C(=O)O. The van der Waals surface area contributed by atoms with E-state index in [1.165, 1.54) is 0 Å². The molecule has 0 aromatic heterocycles. The molecule has 0 radical (unpaired) electrons. The van der Waals surface area contributed by atoms with Crippen LogP contribution in [0.25, 0.3) is 0 Å². The summed E-state index contributed by atoms with van der Waals surface area (Å²) in [5.74, 6) is -0.888. The second-order valence-electron chi connectivity index (χ2n) is 5.07. The van der Waals surface area contributed by atoms with Crippen molar-refractivity contribution in [3.8, 4) is 0 Å². The molecule has 3 heteroatoms. The Morgan fingerprint density at radius 2 is 1.93 bits per heavy atom. The number of hydrogen-bond donors (Lipinski definition) is 2. The van der Waals surface area contributed by atoms with Crippen molar-refractivity contribution in [3.05, 3.63) is 0 Å². The quantitative estimate of drug-likeness (QED) is 0.692. The monoisotopic (exact) mass is 201 g/mol. The fourth-order valence-electron chi connectivity index (χ4n) is 1.36. The van der Waals surface area contributed by atoms with Crippen LogP contribution in [0.4, 0.5) is 0 Å². The van der Waals surface area contributed by atoms with Gasteiger partial charge in [-0.2, -0.15) is 0 Å². The number of rotatable bonds is 6. The number of nitrogens with two attached hydrogens (primary N) is 1. The summed E-state index contributed by atoms with van der Waals surface area (Å²) < 4.78 is 0. The number of hydrogen-bond acceptors (Lipinski definition) is 2. The van der Waals surface area contributed by atoms with Crippen molar-refractivity contribution in [3.63, 3.8) is 0 Å². The third kappa shape index (κ3) is 6.89. The molecular formula is C11H23NO2. The lowest BCUT2D eigenvalue weighted by atomic mass is 9.85. The summed E-state index contributed by atoms with van der Waals surface area (Å²) in [5, 5.41) is 8.96. The van der Waals surface area contributed by atoms with Crippen molar-refractivity contribution in [2.75, 3.05) is 6.54 Å². The van der Waals surface area contributed by atoms with E-state index >= 15 is 0 Å².